The summed E-state index contributed by atoms with van der Waals surface area (Å²) < 4.78 is 0. The van der Waals surface area contributed by atoms with E-state index in [1.54, 1.807) is 6.92 Å². The van der Waals surface area contributed by atoms with Crippen LogP contribution in [0, 0.1) is 11.8 Å². The van der Waals surface area contributed by atoms with Crippen LogP contribution in [0.4, 0.5) is 0 Å². The molecule has 2 atom stereocenters. The van der Waals surface area contributed by atoms with Gasteiger partial charge in [-0.05, 0) is 49.0 Å². The highest BCUT2D eigenvalue weighted by Crippen LogP contribution is 2.40. The van der Waals surface area contributed by atoms with E-state index < -0.39 is 6.04 Å². The van der Waals surface area contributed by atoms with E-state index in [-0.39, 0.29) is 23.5 Å². The molecule has 1 aromatic rings. The van der Waals surface area contributed by atoms with Gasteiger partial charge < -0.3 is 5.11 Å². The van der Waals surface area contributed by atoms with Crippen molar-refractivity contribution in [1.82, 2.24) is 0 Å². The van der Waals surface area contributed by atoms with Crippen molar-refractivity contribution in [3.63, 3.8) is 0 Å². The van der Waals surface area contributed by atoms with Crippen LogP contribution in [0.2, 0.25) is 5.02 Å². The van der Waals surface area contributed by atoms with Gasteiger partial charge in [0.25, 0.3) is 0 Å². The van der Waals surface area contributed by atoms with Crippen LogP contribution in [-0.2, 0) is 11.2 Å². The maximum Gasteiger partial charge on any atom is 0.218 e. The van der Waals surface area contributed by atoms with Crippen molar-refractivity contribution in [2.24, 2.45) is 16.8 Å². The van der Waals surface area contributed by atoms with Gasteiger partial charge >= 0.3 is 0 Å². The number of allylic oxidation sites excluding steroid dienone is 5. The molecule has 0 saturated heterocycles. The van der Waals surface area contributed by atoms with Gasteiger partial charge in [-0.15, -0.1) is 5.73 Å². The fraction of sp³-hybridized carbons (Fsp3) is 0.321. The van der Waals surface area contributed by atoms with E-state index in [0.717, 1.165) is 48.0 Å². The molecule has 1 aliphatic heterocycles. The first kappa shape index (κ1) is 22.3. The maximum absolute atomic E-state index is 12.6. The van der Waals surface area contributed by atoms with Gasteiger partial charge in [0.1, 0.15) is 6.04 Å². The Hall–Kier alpha value is -2.87. The molecule has 1 aromatic carbocycles. The lowest BCUT2D eigenvalue weighted by atomic mass is 9.79. The molecule has 0 radical (unpaired) electrons. The maximum atomic E-state index is 12.6. The summed E-state index contributed by atoms with van der Waals surface area (Å²) in [6.45, 7) is 10.2. The second-order valence-corrected chi connectivity index (χ2v) is 9.23. The summed E-state index contributed by atoms with van der Waals surface area (Å²) in [5.41, 5.74) is 7.93. The molecule has 164 valence electrons. The van der Waals surface area contributed by atoms with E-state index >= 15 is 0 Å². The zero-order valence-electron chi connectivity index (χ0n) is 18.4. The Morgan fingerprint density at radius 1 is 1.31 bits per heavy atom. The van der Waals surface area contributed by atoms with Crippen LogP contribution in [0.1, 0.15) is 49.8 Å². The van der Waals surface area contributed by atoms with Gasteiger partial charge in [-0.3, -0.25) is 4.79 Å². The topological polar surface area (TPSA) is 49.7 Å². The Morgan fingerprint density at radius 2 is 2.09 bits per heavy atom. The van der Waals surface area contributed by atoms with Crippen LogP contribution in [-0.4, -0.2) is 16.8 Å². The molecule has 4 heteroatoms. The number of rotatable bonds is 6. The van der Waals surface area contributed by atoms with Crippen LogP contribution in [0.15, 0.2) is 88.7 Å². The molecular formula is C28H28ClNO2. The highest BCUT2D eigenvalue weighted by atomic mass is 35.5. The van der Waals surface area contributed by atoms with Gasteiger partial charge in [-0.1, -0.05) is 67.6 Å². The molecular weight excluding hydrogens is 418 g/mol. The number of benzene rings is 1. The first-order valence-electron chi connectivity index (χ1n) is 11.1. The third kappa shape index (κ3) is 4.50. The predicted molar refractivity (Wildman–Crippen MR) is 131 cm³/mol. The lowest BCUT2D eigenvalue weighted by Crippen LogP contribution is -2.23. The van der Waals surface area contributed by atoms with Gasteiger partial charge in [-0.2, -0.15) is 0 Å². The average molecular weight is 446 g/mol. The van der Waals surface area contributed by atoms with E-state index in [2.05, 4.69) is 36.0 Å². The molecule has 3 aliphatic rings. The third-order valence-corrected chi connectivity index (χ3v) is 6.88. The number of hydrogen-bond donors (Lipinski definition) is 1. The molecule has 2 aliphatic carbocycles. The van der Waals surface area contributed by atoms with Crippen LogP contribution in [0.5, 0.6) is 0 Å². The second kappa shape index (κ2) is 9.32. The number of carbonyl (C=O) groups excluding carboxylic acids is 1. The zero-order valence-corrected chi connectivity index (χ0v) is 19.2. The van der Waals surface area contributed by atoms with Crippen molar-refractivity contribution >= 4 is 23.3 Å². The van der Waals surface area contributed by atoms with Crippen molar-refractivity contribution in [1.29, 1.82) is 0 Å². The quantitative estimate of drug-likeness (QED) is 0.379. The first-order chi connectivity index (χ1) is 15.3. The molecule has 0 bridgehead atoms. The number of aliphatic hydroxyl groups is 1. The lowest BCUT2D eigenvalue weighted by molar-refractivity contribution is -0.121. The van der Waals surface area contributed by atoms with Crippen LogP contribution in [0.3, 0.4) is 0 Å². The van der Waals surface area contributed by atoms with Crippen molar-refractivity contribution < 1.29 is 9.90 Å². The Morgan fingerprint density at radius 3 is 2.75 bits per heavy atom. The summed E-state index contributed by atoms with van der Waals surface area (Å²) in [5.74, 6) is 0.363. The molecule has 3 nitrogen and oxygen atoms in total. The largest absolute Gasteiger partial charge is 0.493 e. The van der Waals surface area contributed by atoms with Gasteiger partial charge in [0, 0.05) is 34.4 Å². The van der Waals surface area contributed by atoms with Gasteiger partial charge in [-0.25, -0.2) is 4.99 Å². The molecule has 32 heavy (non-hydrogen) atoms. The summed E-state index contributed by atoms with van der Waals surface area (Å²) in [4.78, 5) is 17.1. The number of carbonyl (C=O) groups is 1. The summed E-state index contributed by atoms with van der Waals surface area (Å²) in [5, 5.41) is 11.1. The van der Waals surface area contributed by atoms with Crippen LogP contribution >= 0.6 is 11.6 Å². The molecule has 1 heterocycles. The highest BCUT2D eigenvalue weighted by Gasteiger charge is 2.29. The van der Waals surface area contributed by atoms with E-state index in [1.807, 2.05) is 30.4 Å². The fourth-order valence-electron chi connectivity index (χ4n) is 4.37. The molecule has 4 rings (SSSR count). The highest BCUT2D eigenvalue weighted by molar-refractivity contribution is 6.31. The number of Topliss-reactive ketones (excluding diaryl/α,β-unsaturated/α-hetero) is 1. The molecule has 0 aromatic heterocycles. The minimum absolute atomic E-state index is 0.0625. The minimum atomic E-state index is -0.530. The number of hydrogen-bond acceptors (Lipinski definition) is 2. The lowest BCUT2D eigenvalue weighted by Gasteiger charge is -2.25. The van der Waals surface area contributed by atoms with E-state index in [4.69, 9.17) is 11.6 Å². The summed E-state index contributed by atoms with van der Waals surface area (Å²) in [6, 6.07) is 5.18. The average Bonchev–Trinajstić information content (AvgIpc) is 2.86. The minimum Gasteiger partial charge on any atom is -0.493 e. The first-order valence-corrected chi connectivity index (χ1v) is 11.5. The van der Waals surface area contributed by atoms with Crippen molar-refractivity contribution in [3.05, 3.63) is 99.8 Å². The van der Waals surface area contributed by atoms with Gasteiger partial charge in [0.2, 0.25) is 5.90 Å². The monoisotopic (exact) mass is 445 g/mol. The fourth-order valence-corrected chi connectivity index (χ4v) is 4.59. The van der Waals surface area contributed by atoms with Gasteiger partial charge in [0.15, 0.2) is 5.78 Å². The predicted octanol–water partition coefficient (Wildman–Crippen LogP) is 6.98. The Bertz CT molecular complexity index is 1140. The summed E-state index contributed by atoms with van der Waals surface area (Å²) in [7, 11) is 0. The van der Waals surface area contributed by atoms with Crippen molar-refractivity contribution in [3.8, 4) is 0 Å². The molecule has 0 spiro atoms. The van der Waals surface area contributed by atoms with E-state index in [9.17, 15) is 9.90 Å². The molecule has 1 saturated carbocycles. The zero-order chi connectivity index (χ0) is 22.8. The third-order valence-electron chi connectivity index (χ3n) is 6.53. The molecule has 0 amide bonds. The van der Waals surface area contributed by atoms with Crippen LogP contribution < -0.4 is 0 Å². The SMILES string of the molecule is C=C(Cc1ccc(Cl)c(C2N=C(O)C(C)=C=C(C3C=CC=CC3)C2=C)c1)C(=O)C1CCC1. The number of nitrogens with zero attached hydrogens (tertiary/aromatic N) is 1. The number of aliphatic hydroxyl groups excluding tert-OH is 1. The van der Waals surface area contributed by atoms with E-state index in [0.29, 0.717) is 22.6 Å². The molecule has 1 fully saturated rings. The number of halogens is 1. The summed E-state index contributed by atoms with van der Waals surface area (Å²) in [6.07, 6.45) is 12.6. The van der Waals surface area contributed by atoms with Gasteiger partial charge in [0.05, 0.1) is 5.57 Å². The molecule has 2 unspecified atom stereocenters. The number of ketones is 1. The summed E-state index contributed by atoms with van der Waals surface area (Å²) >= 11 is 6.60. The Balaban J connectivity index is 1.65. The Kier molecular flexibility index (Phi) is 6.50. The van der Waals surface area contributed by atoms with Crippen molar-refractivity contribution in [2.75, 3.05) is 0 Å². The smallest absolute Gasteiger partial charge is 0.218 e. The van der Waals surface area contributed by atoms with Crippen molar-refractivity contribution in [2.45, 2.75) is 45.1 Å². The second-order valence-electron chi connectivity index (χ2n) is 8.83. The van der Waals surface area contributed by atoms with Crippen LogP contribution in [0.25, 0.3) is 0 Å². The normalized spacial score (nSPS) is 23.1. The standard InChI is InChI=1S/C28H28ClNO2/c1-17(27(31)22-10-7-11-22)14-20-12-13-25(29)24(16-20)26-19(3)23(15-18(2)28(32)30-26)21-8-5-4-6-9-21/h4-6,8,12-13,16,21-22,26H,1,3,7,9-11,14H2,2H3,(H,30,32). The van der Waals surface area contributed by atoms with E-state index in [1.165, 1.54) is 0 Å². The Labute approximate surface area is 194 Å². The number of aliphatic imine (C=N–C) groups is 1. The molecule has 1 N–H and O–H groups in total.